The predicted molar refractivity (Wildman–Crippen MR) is 101 cm³/mol. The van der Waals surface area contributed by atoms with Crippen LogP contribution in [-0.4, -0.2) is 45.3 Å². The highest BCUT2D eigenvalue weighted by Crippen LogP contribution is 2.44. The molecule has 2 aliphatic rings. The van der Waals surface area contributed by atoms with E-state index in [1.165, 1.54) is 0 Å². The summed E-state index contributed by atoms with van der Waals surface area (Å²) in [5.74, 6) is 0.783. The largest absolute Gasteiger partial charge is 0.415 e. The van der Waals surface area contributed by atoms with Gasteiger partial charge in [-0.3, -0.25) is 14.8 Å². The summed E-state index contributed by atoms with van der Waals surface area (Å²) in [5.41, 5.74) is 3.33. The molecule has 1 fully saturated rings. The molecule has 0 radical (unpaired) electrons. The van der Waals surface area contributed by atoms with Crippen LogP contribution in [0.25, 0.3) is 23.0 Å². The molecule has 8 heteroatoms. The van der Waals surface area contributed by atoms with Gasteiger partial charge < -0.3 is 14.1 Å². The molecule has 28 heavy (non-hydrogen) atoms. The fraction of sp³-hybridized carbons (Fsp3) is 0.350. The molecule has 0 aromatic carbocycles. The lowest BCUT2D eigenvalue weighted by Crippen LogP contribution is -2.52. The minimum Gasteiger partial charge on any atom is -0.415 e. The molecule has 0 unspecified atom stereocenters. The van der Waals surface area contributed by atoms with Crippen molar-refractivity contribution in [2.24, 2.45) is 0 Å². The fourth-order valence-electron chi connectivity index (χ4n) is 3.63. The number of carbonyl (C=O) groups is 1. The first kappa shape index (κ1) is 17.0. The number of fused-ring (bicyclic) bond motifs is 1. The van der Waals surface area contributed by atoms with Crippen LogP contribution >= 0.6 is 0 Å². The molecule has 8 nitrogen and oxygen atoms in total. The van der Waals surface area contributed by atoms with Crippen molar-refractivity contribution in [2.75, 3.05) is 18.1 Å². The molecule has 0 bridgehead atoms. The first-order chi connectivity index (χ1) is 13.4. The Morgan fingerprint density at radius 3 is 2.64 bits per heavy atom. The van der Waals surface area contributed by atoms with Gasteiger partial charge in [0.15, 0.2) is 0 Å². The Bertz CT molecular complexity index is 1090. The van der Waals surface area contributed by atoms with E-state index < -0.39 is 5.41 Å². The van der Waals surface area contributed by atoms with Gasteiger partial charge in [-0.2, -0.15) is 0 Å². The van der Waals surface area contributed by atoms with E-state index in [0.717, 1.165) is 22.5 Å². The molecule has 0 aliphatic carbocycles. The maximum Gasteiger partial charge on any atom is 0.266 e. The summed E-state index contributed by atoms with van der Waals surface area (Å²) >= 11 is 0. The second-order valence-electron chi connectivity index (χ2n) is 7.68. The molecular formula is C20H19N5O3. The molecule has 3 aromatic rings. The van der Waals surface area contributed by atoms with E-state index in [0.29, 0.717) is 30.7 Å². The van der Waals surface area contributed by atoms with Crippen LogP contribution in [0.1, 0.15) is 25.1 Å². The van der Waals surface area contributed by atoms with Gasteiger partial charge in [0.1, 0.15) is 5.69 Å². The summed E-state index contributed by atoms with van der Waals surface area (Å²) in [5, 5.41) is 8.29. The van der Waals surface area contributed by atoms with Gasteiger partial charge in [0.05, 0.1) is 30.4 Å². The lowest BCUT2D eigenvalue weighted by atomic mass is 9.87. The Morgan fingerprint density at radius 2 is 1.93 bits per heavy atom. The third-order valence-corrected chi connectivity index (χ3v) is 5.34. The molecule has 0 atom stereocenters. The molecule has 1 saturated heterocycles. The number of hydrogen-bond donors (Lipinski definition) is 0. The van der Waals surface area contributed by atoms with Gasteiger partial charge in [0.2, 0.25) is 11.8 Å². The molecular weight excluding hydrogens is 358 g/mol. The predicted octanol–water partition coefficient (Wildman–Crippen LogP) is 2.53. The summed E-state index contributed by atoms with van der Waals surface area (Å²) in [6.07, 6.45) is 3.44. The van der Waals surface area contributed by atoms with Crippen LogP contribution in [0.5, 0.6) is 0 Å². The molecule has 142 valence electrons. The van der Waals surface area contributed by atoms with E-state index in [-0.39, 0.29) is 11.9 Å². The van der Waals surface area contributed by atoms with Crippen LogP contribution < -0.4 is 4.90 Å². The first-order valence-electron chi connectivity index (χ1n) is 9.14. The third-order valence-electron chi connectivity index (χ3n) is 5.34. The van der Waals surface area contributed by atoms with E-state index in [4.69, 9.17) is 9.15 Å². The number of amides is 1. The molecule has 0 spiro atoms. The van der Waals surface area contributed by atoms with Crippen LogP contribution in [0.3, 0.4) is 0 Å². The Labute approximate surface area is 161 Å². The van der Waals surface area contributed by atoms with E-state index in [1.54, 1.807) is 12.4 Å². The van der Waals surface area contributed by atoms with Gasteiger partial charge in [-0.15, -0.1) is 10.2 Å². The number of aryl methyl sites for hydroxylation is 1. The topological polar surface area (TPSA) is 94.2 Å². The van der Waals surface area contributed by atoms with Crippen molar-refractivity contribution >= 4 is 11.6 Å². The summed E-state index contributed by atoms with van der Waals surface area (Å²) in [6, 6.07) is 5.61. The van der Waals surface area contributed by atoms with Gasteiger partial charge in [0, 0.05) is 29.2 Å². The number of hydrogen-bond acceptors (Lipinski definition) is 7. The van der Waals surface area contributed by atoms with E-state index in [1.807, 2.05) is 43.9 Å². The maximum atomic E-state index is 13.0. The highest BCUT2D eigenvalue weighted by atomic mass is 16.5. The van der Waals surface area contributed by atoms with Crippen LogP contribution in [0.15, 0.2) is 35.0 Å². The zero-order valence-corrected chi connectivity index (χ0v) is 15.8. The second-order valence-corrected chi connectivity index (χ2v) is 7.68. The van der Waals surface area contributed by atoms with Gasteiger partial charge in [-0.25, -0.2) is 0 Å². The number of anilines is 1. The van der Waals surface area contributed by atoms with Crippen LogP contribution in [0.2, 0.25) is 0 Å². The number of nitrogens with zero attached hydrogens (tertiary/aromatic N) is 5. The molecule has 1 amide bonds. The standard InChI is InChI=1S/C20H19N5O3/c1-11-6-12(4-5-21-11)17-23-24-18(28-17)15-7-16-14(8-22-15)20(2,3)19(26)25(16)13-9-27-10-13/h4-8,13H,9-10H2,1-3H3. The summed E-state index contributed by atoms with van der Waals surface area (Å²) in [4.78, 5) is 23.5. The molecule has 5 heterocycles. The van der Waals surface area contributed by atoms with Gasteiger partial charge >= 0.3 is 0 Å². The zero-order chi connectivity index (χ0) is 19.5. The molecule has 5 rings (SSSR count). The van der Waals surface area contributed by atoms with Crippen LogP contribution in [-0.2, 0) is 14.9 Å². The average molecular weight is 377 g/mol. The molecule has 0 saturated carbocycles. The first-order valence-corrected chi connectivity index (χ1v) is 9.14. The quantitative estimate of drug-likeness (QED) is 0.692. The van der Waals surface area contributed by atoms with Crippen LogP contribution in [0, 0.1) is 6.92 Å². The molecule has 3 aromatic heterocycles. The van der Waals surface area contributed by atoms with Crippen molar-refractivity contribution in [3.8, 4) is 23.0 Å². The highest BCUT2D eigenvalue weighted by Gasteiger charge is 2.48. The minimum atomic E-state index is -0.620. The smallest absolute Gasteiger partial charge is 0.266 e. The van der Waals surface area contributed by atoms with Gasteiger partial charge in [-0.05, 0) is 39.0 Å². The summed E-state index contributed by atoms with van der Waals surface area (Å²) < 4.78 is 11.1. The normalized spacial score (nSPS) is 18.2. The zero-order valence-electron chi connectivity index (χ0n) is 15.8. The van der Waals surface area contributed by atoms with Crippen LogP contribution in [0.4, 0.5) is 5.69 Å². The Balaban J connectivity index is 1.55. The average Bonchev–Trinajstić information content (AvgIpc) is 3.19. The minimum absolute atomic E-state index is 0.0568. The Hall–Kier alpha value is -3.13. The lowest BCUT2D eigenvalue weighted by Gasteiger charge is -2.35. The van der Waals surface area contributed by atoms with Gasteiger partial charge in [0.25, 0.3) is 5.89 Å². The maximum absolute atomic E-state index is 13.0. The van der Waals surface area contributed by atoms with E-state index in [9.17, 15) is 4.79 Å². The number of rotatable bonds is 3. The lowest BCUT2D eigenvalue weighted by molar-refractivity contribution is -0.124. The number of pyridine rings is 2. The third kappa shape index (κ3) is 2.45. The van der Waals surface area contributed by atoms with E-state index >= 15 is 0 Å². The van der Waals surface area contributed by atoms with Gasteiger partial charge in [-0.1, -0.05) is 0 Å². The summed E-state index contributed by atoms with van der Waals surface area (Å²) in [6.45, 7) is 6.84. The van der Waals surface area contributed by atoms with Crippen molar-refractivity contribution in [2.45, 2.75) is 32.2 Å². The number of aromatic nitrogens is 4. The molecule has 0 N–H and O–H groups in total. The number of ether oxygens (including phenoxy) is 1. The second kappa shape index (κ2) is 5.93. The SMILES string of the molecule is Cc1cc(-c2nnc(-c3cc4c(cn3)C(C)(C)C(=O)N4C3COC3)o2)ccn1. The Morgan fingerprint density at radius 1 is 1.14 bits per heavy atom. The van der Waals surface area contributed by atoms with Crippen molar-refractivity contribution in [1.29, 1.82) is 0 Å². The van der Waals surface area contributed by atoms with Crippen molar-refractivity contribution in [1.82, 2.24) is 20.2 Å². The summed E-state index contributed by atoms with van der Waals surface area (Å²) in [7, 11) is 0. The Kier molecular flexibility index (Phi) is 3.60. The van der Waals surface area contributed by atoms with Crippen molar-refractivity contribution < 1.29 is 13.9 Å². The van der Waals surface area contributed by atoms with E-state index in [2.05, 4.69) is 20.2 Å². The van der Waals surface area contributed by atoms with Crippen molar-refractivity contribution in [3.63, 3.8) is 0 Å². The molecule has 2 aliphatic heterocycles. The number of carbonyl (C=O) groups excluding carboxylic acids is 1. The highest BCUT2D eigenvalue weighted by molar-refractivity contribution is 6.08. The fourth-order valence-corrected chi connectivity index (χ4v) is 3.63. The monoisotopic (exact) mass is 377 g/mol. The van der Waals surface area contributed by atoms with Crippen molar-refractivity contribution in [3.05, 3.63) is 41.9 Å².